The Balaban J connectivity index is 3.00. The van der Waals surface area contributed by atoms with Gasteiger partial charge < -0.3 is 10.2 Å². The Bertz CT molecular complexity index is 387. The minimum absolute atomic E-state index is 0.0211. The topological polar surface area (TPSA) is 57.5 Å². The molecule has 0 unspecified atom stereocenters. The standard InChI is InChI=1S/C14H20O3/c1-9-6-12(14(17)8-11(3)16)7-10(2)13(9)4-5-15/h6-7,14-15,17H,4-5,8H2,1-3H3/t14-/m0/s1. The minimum atomic E-state index is -0.729. The van der Waals surface area contributed by atoms with Crippen LogP contribution in [0, 0.1) is 13.8 Å². The van der Waals surface area contributed by atoms with Crippen LogP contribution in [0.15, 0.2) is 12.1 Å². The summed E-state index contributed by atoms with van der Waals surface area (Å²) in [5, 5.41) is 18.9. The van der Waals surface area contributed by atoms with Crippen molar-refractivity contribution in [1.82, 2.24) is 0 Å². The van der Waals surface area contributed by atoms with Crippen LogP contribution in [0.3, 0.4) is 0 Å². The fourth-order valence-corrected chi connectivity index (χ4v) is 2.12. The first-order chi connectivity index (χ1) is 7.95. The number of ketones is 1. The van der Waals surface area contributed by atoms with Gasteiger partial charge in [-0.1, -0.05) is 12.1 Å². The Labute approximate surface area is 102 Å². The van der Waals surface area contributed by atoms with Crippen LogP contribution in [0.1, 0.15) is 41.7 Å². The lowest BCUT2D eigenvalue weighted by Crippen LogP contribution is -2.06. The SMILES string of the molecule is CC(=O)C[C@H](O)c1cc(C)c(CCO)c(C)c1. The third-order valence-electron chi connectivity index (χ3n) is 2.95. The van der Waals surface area contributed by atoms with Crippen LogP contribution in [0.2, 0.25) is 0 Å². The summed E-state index contributed by atoms with van der Waals surface area (Å²) in [5.74, 6) is -0.0211. The van der Waals surface area contributed by atoms with Gasteiger partial charge in [0.15, 0.2) is 0 Å². The lowest BCUT2D eigenvalue weighted by atomic mass is 9.94. The van der Waals surface area contributed by atoms with Gasteiger partial charge in [0.05, 0.1) is 6.10 Å². The van der Waals surface area contributed by atoms with Crippen molar-refractivity contribution in [2.45, 2.75) is 39.7 Å². The summed E-state index contributed by atoms with van der Waals surface area (Å²) in [6.07, 6.45) is 0.0481. The lowest BCUT2D eigenvalue weighted by molar-refractivity contribution is -0.118. The number of Topliss-reactive ketones (excluding diaryl/α,β-unsaturated/α-hetero) is 1. The Morgan fingerprint density at radius 1 is 1.29 bits per heavy atom. The van der Waals surface area contributed by atoms with E-state index in [9.17, 15) is 9.90 Å². The lowest BCUT2D eigenvalue weighted by Gasteiger charge is -2.15. The summed E-state index contributed by atoms with van der Waals surface area (Å²) in [6.45, 7) is 5.52. The predicted molar refractivity (Wildman–Crippen MR) is 67.0 cm³/mol. The molecule has 0 amide bonds. The molecule has 2 N–H and O–H groups in total. The van der Waals surface area contributed by atoms with Crippen molar-refractivity contribution in [1.29, 1.82) is 0 Å². The van der Waals surface area contributed by atoms with Crippen molar-refractivity contribution in [2.24, 2.45) is 0 Å². The van der Waals surface area contributed by atoms with Crippen molar-refractivity contribution in [3.63, 3.8) is 0 Å². The highest BCUT2D eigenvalue weighted by atomic mass is 16.3. The van der Waals surface area contributed by atoms with Crippen LogP contribution in [0.25, 0.3) is 0 Å². The van der Waals surface area contributed by atoms with E-state index >= 15 is 0 Å². The maximum atomic E-state index is 11.0. The van der Waals surface area contributed by atoms with Gasteiger partial charge in [-0.05, 0) is 49.4 Å². The Morgan fingerprint density at radius 3 is 2.24 bits per heavy atom. The summed E-state index contributed by atoms with van der Waals surface area (Å²) >= 11 is 0. The number of aliphatic hydroxyl groups excluding tert-OH is 2. The minimum Gasteiger partial charge on any atom is -0.396 e. The fraction of sp³-hybridized carbons (Fsp3) is 0.500. The molecule has 0 saturated carbocycles. The van der Waals surface area contributed by atoms with Gasteiger partial charge in [-0.25, -0.2) is 0 Å². The molecule has 1 aromatic carbocycles. The average Bonchev–Trinajstić information content (AvgIpc) is 2.22. The second-order valence-corrected chi connectivity index (χ2v) is 4.53. The molecule has 0 bridgehead atoms. The normalized spacial score (nSPS) is 12.5. The molecule has 0 saturated heterocycles. The van der Waals surface area contributed by atoms with E-state index < -0.39 is 6.10 Å². The average molecular weight is 236 g/mol. The van der Waals surface area contributed by atoms with E-state index in [-0.39, 0.29) is 18.8 Å². The molecule has 3 heteroatoms. The van der Waals surface area contributed by atoms with Crippen molar-refractivity contribution in [3.8, 4) is 0 Å². The second-order valence-electron chi connectivity index (χ2n) is 4.53. The molecule has 0 aliphatic rings. The van der Waals surface area contributed by atoms with Crippen molar-refractivity contribution in [3.05, 3.63) is 34.4 Å². The molecule has 0 aliphatic heterocycles. The number of carbonyl (C=O) groups excluding carboxylic acids is 1. The van der Waals surface area contributed by atoms with E-state index in [2.05, 4.69) is 0 Å². The largest absolute Gasteiger partial charge is 0.396 e. The Hall–Kier alpha value is -1.19. The van der Waals surface area contributed by atoms with E-state index in [4.69, 9.17) is 5.11 Å². The Kier molecular flexibility index (Phi) is 4.85. The molecule has 3 nitrogen and oxygen atoms in total. The van der Waals surface area contributed by atoms with Gasteiger partial charge in [-0.3, -0.25) is 4.79 Å². The summed E-state index contributed by atoms with van der Waals surface area (Å²) < 4.78 is 0. The molecule has 0 aromatic heterocycles. The van der Waals surface area contributed by atoms with Crippen molar-refractivity contribution < 1.29 is 15.0 Å². The summed E-state index contributed by atoms with van der Waals surface area (Å²) in [6, 6.07) is 3.79. The molecular formula is C14H20O3. The summed E-state index contributed by atoms with van der Waals surface area (Å²) in [5.41, 5.74) is 4.00. The molecule has 0 spiro atoms. The van der Waals surface area contributed by atoms with E-state index in [1.54, 1.807) is 0 Å². The monoisotopic (exact) mass is 236 g/mol. The third-order valence-corrected chi connectivity index (χ3v) is 2.95. The molecule has 0 heterocycles. The highest BCUT2D eigenvalue weighted by Crippen LogP contribution is 2.23. The van der Waals surface area contributed by atoms with Gasteiger partial charge in [0, 0.05) is 13.0 Å². The maximum Gasteiger partial charge on any atom is 0.132 e. The number of rotatable bonds is 5. The first-order valence-corrected chi connectivity index (χ1v) is 5.84. The van der Waals surface area contributed by atoms with Crippen molar-refractivity contribution in [2.75, 3.05) is 6.61 Å². The van der Waals surface area contributed by atoms with Gasteiger partial charge in [0.2, 0.25) is 0 Å². The fourth-order valence-electron chi connectivity index (χ4n) is 2.12. The zero-order valence-corrected chi connectivity index (χ0v) is 10.7. The van der Waals surface area contributed by atoms with Crippen LogP contribution in [0.4, 0.5) is 0 Å². The van der Waals surface area contributed by atoms with Gasteiger partial charge in [-0.2, -0.15) is 0 Å². The molecule has 17 heavy (non-hydrogen) atoms. The molecule has 0 aliphatic carbocycles. The Morgan fingerprint density at radius 2 is 1.82 bits per heavy atom. The van der Waals surface area contributed by atoms with Crippen LogP contribution in [-0.2, 0) is 11.2 Å². The molecular weight excluding hydrogens is 216 g/mol. The second kappa shape index (κ2) is 5.94. The van der Waals surface area contributed by atoms with E-state index in [1.807, 2.05) is 26.0 Å². The van der Waals surface area contributed by atoms with E-state index in [0.29, 0.717) is 6.42 Å². The first-order valence-electron chi connectivity index (χ1n) is 5.84. The highest BCUT2D eigenvalue weighted by Gasteiger charge is 2.13. The van der Waals surface area contributed by atoms with Crippen LogP contribution in [-0.4, -0.2) is 22.6 Å². The van der Waals surface area contributed by atoms with Gasteiger partial charge in [0.1, 0.15) is 5.78 Å². The zero-order chi connectivity index (χ0) is 13.0. The molecule has 1 rings (SSSR count). The summed E-state index contributed by atoms with van der Waals surface area (Å²) in [4.78, 5) is 11.0. The van der Waals surface area contributed by atoms with Gasteiger partial charge in [-0.15, -0.1) is 0 Å². The number of carbonyl (C=O) groups is 1. The first kappa shape index (κ1) is 13.9. The van der Waals surface area contributed by atoms with Crippen LogP contribution >= 0.6 is 0 Å². The van der Waals surface area contributed by atoms with E-state index in [1.165, 1.54) is 6.92 Å². The zero-order valence-electron chi connectivity index (χ0n) is 10.7. The predicted octanol–water partition coefficient (Wildman–Crippen LogP) is 1.85. The molecule has 0 radical (unpaired) electrons. The molecule has 94 valence electrons. The molecule has 0 fully saturated rings. The summed E-state index contributed by atoms with van der Waals surface area (Å²) in [7, 11) is 0. The smallest absolute Gasteiger partial charge is 0.132 e. The van der Waals surface area contributed by atoms with Crippen molar-refractivity contribution >= 4 is 5.78 Å². The van der Waals surface area contributed by atoms with Crippen LogP contribution < -0.4 is 0 Å². The number of hydrogen-bond donors (Lipinski definition) is 2. The molecule has 1 aromatic rings. The number of aryl methyl sites for hydroxylation is 2. The number of hydrogen-bond acceptors (Lipinski definition) is 3. The van der Waals surface area contributed by atoms with Crippen LogP contribution in [0.5, 0.6) is 0 Å². The van der Waals surface area contributed by atoms with Gasteiger partial charge in [0.25, 0.3) is 0 Å². The number of benzene rings is 1. The van der Waals surface area contributed by atoms with E-state index in [0.717, 1.165) is 22.3 Å². The number of aliphatic hydroxyl groups is 2. The quantitative estimate of drug-likeness (QED) is 0.820. The molecule has 1 atom stereocenters. The highest BCUT2D eigenvalue weighted by molar-refractivity contribution is 5.76. The third kappa shape index (κ3) is 3.65. The maximum absolute atomic E-state index is 11.0. The van der Waals surface area contributed by atoms with Gasteiger partial charge >= 0.3 is 0 Å².